The highest BCUT2D eigenvalue weighted by atomic mass is 16.2. The Bertz CT molecular complexity index is 1020. The highest BCUT2D eigenvalue weighted by Crippen LogP contribution is 2.11. The maximum absolute atomic E-state index is 12.3. The highest BCUT2D eigenvalue weighted by molar-refractivity contribution is 5.96. The molecule has 0 radical (unpaired) electrons. The molecule has 2 aromatic carbocycles. The fourth-order valence-electron chi connectivity index (χ4n) is 2.73. The number of anilines is 1. The molecule has 0 unspecified atom stereocenters. The molecule has 3 rings (SSSR count). The summed E-state index contributed by atoms with van der Waals surface area (Å²) >= 11 is 0. The van der Waals surface area contributed by atoms with Gasteiger partial charge in [-0.15, -0.1) is 0 Å². The number of hydrogen-bond acceptors (Lipinski definition) is 3. The van der Waals surface area contributed by atoms with Crippen molar-refractivity contribution >= 4 is 28.4 Å². The molecule has 3 aromatic rings. The van der Waals surface area contributed by atoms with E-state index in [1.807, 2.05) is 30.3 Å². The van der Waals surface area contributed by atoms with E-state index < -0.39 is 0 Å². The molecule has 132 valence electrons. The summed E-state index contributed by atoms with van der Waals surface area (Å²) in [5.74, 6) is -0.451. The van der Waals surface area contributed by atoms with Gasteiger partial charge in [0.2, 0.25) is 5.91 Å². The first kappa shape index (κ1) is 17.4. The van der Waals surface area contributed by atoms with Gasteiger partial charge >= 0.3 is 0 Å². The molecule has 26 heavy (non-hydrogen) atoms. The van der Waals surface area contributed by atoms with Crippen molar-refractivity contribution in [2.24, 2.45) is 0 Å². The molecule has 0 spiro atoms. The summed E-state index contributed by atoms with van der Waals surface area (Å²) < 4.78 is 0. The van der Waals surface area contributed by atoms with Crippen molar-refractivity contribution in [2.45, 2.75) is 13.3 Å². The number of carbonyl (C=O) groups excluding carboxylic acids is 2. The summed E-state index contributed by atoms with van der Waals surface area (Å²) in [6.07, 6.45) is 0.428. The van der Waals surface area contributed by atoms with Crippen LogP contribution in [-0.2, 0) is 11.2 Å². The first-order chi connectivity index (χ1) is 12.5. The number of carbonyl (C=O) groups is 2. The van der Waals surface area contributed by atoms with Crippen LogP contribution >= 0.6 is 0 Å². The lowest BCUT2D eigenvalue weighted by Crippen LogP contribution is -2.27. The molecule has 0 aliphatic heterocycles. The van der Waals surface area contributed by atoms with Crippen molar-refractivity contribution in [1.82, 2.24) is 10.3 Å². The smallest absolute Gasteiger partial charge is 0.251 e. The number of H-pyrrole nitrogens is 1. The van der Waals surface area contributed by atoms with Crippen molar-refractivity contribution in [3.63, 3.8) is 0 Å². The minimum absolute atomic E-state index is 0.148. The van der Waals surface area contributed by atoms with Gasteiger partial charge < -0.3 is 15.6 Å². The number of benzene rings is 2. The third-order valence-electron chi connectivity index (χ3n) is 3.96. The first-order valence-corrected chi connectivity index (χ1v) is 8.30. The van der Waals surface area contributed by atoms with Crippen LogP contribution < -0.4 is 16.2 Å². The van der Waals surface area contributed by atoms with Crippen LogP contribution in [0, 0.1) is 0 Å². The number of nitrogens with one attached hydrogen (secondary N) is 3. The SMILES string of the molecule is CC(=O)Nc1cccc(C(=O)NCCc2cc3ccccc3[nH]c2=O)c1. The molecule has 0 saturated heterocycles. The molecule has 6 heteroatoms. The predicted molar refractivity (Wildman–Crippen MR) is 101 cm³/mol. The zero-order chi connectivity index (χ0) is 18.5. The Morgan fingerprint density at radius 2 is 1.85 bits per heavy atom. The van der Waals surface area contributed by atoms with E-state index in [1.54, 1.807) is 24.3 Å². The molecule has 3 N–H and O–H groups in total. The zero-order valence-electron chi connectivity index (χ0n) is 14.3. The second-order valence-corrected chi connectivity index (χ2v) is 5.98. The Morgan fingerprint density at radius 1 is 1.04 bits per heavy atom. The second-order valence-electron chi connectivity index (χ2n) is 5.98. The average molecular weight is 349 g/mol. The van der Waals surface area contributed by atoms with Gasteiger partial charge in [-0.2, -0.15) is 0 Å². The van der Waals surface area contributed by atoms with Crippen molar-refractivity contribution in [3.05, 3.63) is 76.1 Å². The second kappa shape index (κ2) is 7.65. The van der Waals surface area contributed by atoms with Crippen molar-refractivity contribution in [1.29, 1.82) is 0 Å². The number of aromatic nitrogens is 1. The van der Waals surface area contributed by atoms with Crippen LogP contribution in [0.2, 0.25) is 0 Å². The van der Waals surface area contributed by atoms with Crippen molar-refractivity contribution in [3.8, 4) is 0 Å². The van der Waals surface area contributed by atoms with Crippen LogP contribution in [0.1, 0.15) is 22.8 Å². The van der Waals surface area contributed by atoms with E-state index in [2.05, 4.69) is 15.6 Å². The predicted octanol–water partition coefficient (Wildman–Crippen LogP) is 2.46. The van der Waals surface area contributed by atoms with E-state index in [-0.39, 0.29) is 17.4 Å². The first-order valence-electron chi connectivity index (χ1n) is 8.30. The monoisotopic (exact) mass is 349 g/mol. The number of pyridine rings is 1. The topological polar surface area (TPSA) is 91.1 Å². The van der Waals surface area contributed by atoms with Crippen LogP contribution in [0.4, 0.5) is 5.69 Å². The van der Waals surface area contributed by atoms with Crippen molar-refractivity contribution in [2.75, 3.05) is 11.9 Å². The highest BCUT2D eigenvalue weighted by Gasteiger charge is 2.08. The molecule has 1 heterocycles. The molecule has 0 atom stereocenters. The van der Waals surface area contributed by atoms with Gasteiger partial charge in [0.1, 0.15) is 0 Å². The summed E-state index contributed by atoms with van der Waals surface area (Å²) in [4.78, 5) is 38.3. The van der Waals surface area contributed by atoms with Crippen molar-refractivity contribution < 1.29 is 9.59 Å². The number of fused-ring (bicyclic) bond motifs is 1. The van der Waals surface area contributed by atoms with Crippen LogP contribution in [-0.4, -0.2) is 23.3 Å². The van der Waals surface area contributed by atoms with E-state index in [1.165, 1.54) is 6.92 Å². The Hall–Kier alpha value is -3.41. The normalized spacial score (nSPS) is 10.5. The lowest BCUT2D eigenvalue weighted by atomic mass is 10.1. The maximum Gasteiger partial charge on any atom is 0.251 e. The molecule has 2 amide bonds. The van der Waals surface area contributed by atoms with Gasteiger partial charge in [0.05, 0.1) is 0 Å². The number of rotatable bonds is 5. The fourth-order valence-corrected chi connectivity index (χ4v) is 2.73. The van der Waals surface area contributed by atoms with Gasteiger partial charge in [-0.3, -0.25) is 14.4 Å². The van der Waals surface area contributed by atoms with Gasteiger partial charge in [0.15, 0.2) is 0 Å². The molecular formula is C20H19N3O3. The lowest BCUT2D eigenvalue weighted by Gasteiger charge is -2.08. The summed E-state index contributed by atoms with van der Waals surface area (Å²) in [6, 6.07) is 16.1. The van der Waals surface area contributed by atoms with Crippen LogP contribution in [0.15, 0.2) is 59.4 Å². The summed E-state index contributed by atoms with van der Waals surface area (Å²) in [7, 11) is 0. The van der Waals surface area contributed by atoms with Gasteiger partial charge in [0.25, 0.3) is 11.5 Å². The number of aromatic amines is 1. The van der Waals surface area contributed by atoms with E-state index in [0.717, 1.165) is 10.9 Å². The number of amides is 2. The molecule has 0 aliphatic carbocycles. The minimum Gasteiger partial charge on any atom is -0.352 e. The molecule has 6 nitrogen and oxygen atoms in total. The molecule has 0 saturated carbocycles. The quantitative estimate of drug-likeness (QED) is 0.661. The standard InChI is InChI=1S/C20H19N3O3/c1-13(24)22-17-7-4-6-15(12-17)19(25)21-10-9-16-11-14-5-2-3-8-18(14)23-20(16)26/h2-8,11-12H,9-10H2,1H3,(H,21,25)(H,22,24)(H,23,26). The molecule has 0 bridgehead atoms. The zero-order valence-corrected chi connectivity index (χ0v) is 14.3. The van der Waals surface area contributed by atoms with E-state index in [9.17, 15) is 14.4 Å². The summed E-state index contributed by atoms with van der Waals surface area (Å²) in [5, 5.41) is 6.40. The molecular weight excluding hydrogens is 330 g/mol. The van der Waals surface area contributed by atoms with Crippen LogP contribution in [0.25, 0.3) is 10.9 Å². The molecule has 0 aliphatic rings. The van der Waals surface area contributed by atoms with E-state index >= 15 is 0 Å². The Morgan fingerprint density at radius 3 is 2.65 bits per heavy atom. The summed E-state index contributed by atoms with van der Waals surface area (Å²) in [6.45, 7) is 1.75. The number of hydrogen-bond donors (Lipinski definition) is 3. The van der Waals surface area contributed by atoms with Gasteiger partial charge in [-0.1, -0.05) is 24.3 Å². The van der Waals surface area contributed by atoms with Crippen LogP contribution in [0.3, 0.4) is 0 Å². The summed E-state index contributed by atoms with van der Waals surface area (Å²) in [5.41, 5.74) is 2.28. The van der Waals surface area contributed by atoms with Gasteiger partial charge in [-0.25, -0.2) is 0 Å². The molecule has 1 aromatic heterocycles. The maximum atomic E-state index is 12.3. The van der Waals surface area contributed by atoms with E-state index in [4.69, 9.17) is 0 Å². The lowest BCUT2D eigenvalue weighted by molar-refractivity contribution is -0.114. The van der Waals surface area contributed by atoms with Crippen LogP contribution in [0.5, 0.6) is 0 Å². The third-order valence-corrected chi connectivity index (χ3v) is 3.96. The van der Waals surface area contributed by atoms with Gasteiger partial charge in [-0.05, 0) is 42.1 Å². The Balaban J connectivity index is 1.64. The minimum atomic E-state index is -0.255. The Kier molecular flexibility index (Phi) is 5.12. The number of para-hydroxylation sites is 1. The fraction of sp³-hybridized carbons (Fsp3) is 0.150. The third kappa shape index (κ3) is 4.16. The average Bonchev–Trinajstić information content (AvgIpc) is 2.61. The largest absolute Gasteiger partial charge is 0.352 e. The molecule has 0 fully saturated rings. The Labute approximate surface area is 150 Å². The van der Waals surface area contributed by atoms with E-state index in [0.29, 0.717) is 29.8 Å². The van der Waals surface area contributed by atoms with Gasteiger partial charge in [0, 0.05) is 35.8 Å².